The number of aryl methyl sites for hydroxylation is 1. The summed E-state index contributed by atoms with van der Waals surface area (Å²) in [6.45, 7) is 1.31. The number of aromatic nitrogens is 2. The van der Waals surface area contributed by atoms with Crippen molar-refractivity contribution in [2.45, 2.75) is 38.0 Å². The first-order valence-electron chi connectivity index (χ1n) is 11.4. The van der Waals surface area contributed by atoms with E-state index in [0.29, 0.717) is 54.1 Å². The van der Waals surface area contributed by atoms with Gasteiger partial charge in [-0.2, -0.15) is 0 Å². The summed E-state index contributed by atoms with van der Waals surface area (Å²) in [6.07, 6.45) is 3.17. The lowest BCUT2D eigenvalue weighted by Gasteiger charge is -2.34. The zero-order chi connectivity index (χ0) is 22.9. The Bertz CT molecular complexity index is 1280. The van der Waals surface area contributed by atoms with Gasteiger partial charge < -0.3 is 15.2 Å². The predicted octanol–water partition coefficient (Wildman–Crippen LogP) is 3.87. The van der Waals surface area contributed by atoms with Crippen LogP contribution in [0.25, 0.3) is 10.9 Å². The number of carbonyl (C=O) groups excluding carboxylic acids is 2. The molecule has 2 aromatic carbocycles. The molecule has 7 nitrogen and oxygen atoms in total. The maximum atomic E-state index is 12.7. The molecule has 1 fully saturated rings. The Balaban J connectivity index is 1.14. The lowest BCUT2D eigenvalue weighted by atomic mass is 9.80. The molecule has 0 spiro atoms. The van der Waals surface area contributed by atoms with Gasteiger partial charge in [-0.25, -0.2) is 4.98 Å². The van der Waals surface area contributed by atoms with Gasteiger partial charge in [0.1, 0.15) is 5.82 Å². The van der Waals surface area contributed by atoms with Gasteiger partial charge in [0.2, 0.25) is 11.8 Å². The number of amides is 2. The number of rotatable bonds is 5. The smallest absolute Gasteiger partial charge is 0.258 e. The van der Waals surface area contributed by atoms with E-state index in [4.69, 9.17) is 11.6 Å². The van der Waals surface area contributed by atoms with Crippen LogP contribution in [0.3, 0.4) is 0 Å². The summed E-state index contributed by atoms with van der Waals surface area (Å²) in [5.74, 6) is 0.776. The number of benzene rings is 2. The molecular formula is C25H25ClN4O3. The third-order valence-corrected chi connectivity index (χ3v) is 6.96. The van der Waals surface area contributed by atoms with E-state index in [0.717, 1.165) is 24.1 Å². The average molecular weight is 465 g/mol. The molecule has 1 aromatic heterocycles. The van der Waals surface area contributed by atoms with Crippen LogP contribution in [0, 0.1) is 5.92 Å². The van der Waals surface area contributed by atoms with E-state index >= 15 is 0 Å². The van der Waals surface area contributed by atoms with E-state index < -0.39 is 0 Å². The van der Waals surface area contributed by atoms with Gasteiger partial charge in [-0.05, 0) is 55.0 Å². The van der Waals surface area contributed by atoms with Gasteiger partial charge in [-0.3, -0.25) is 14.4 Å². The van der Waals surface area contributed by atoms with E-state index in [9.17, 15) is 14.4 Å². The number of likely N-dealkylation sites (tertiary alicyclic amines) is 1. The molecule has 0 bridgehead atoms. The van der Waals surface area contributed by atoms with Gasteiger partial charge in [0.05, 0.1) is 16.8 Å². The Labute approximate surface area is 196 Å². The number of nitrogens with zero attached hydrogens (tertiary/aromatic N) is 2. The summed E-state index contributed by atoms with van der Waals surface area (Å²) in [4.78, 5) is 46.7. The Morgan fingerprint density at radius 3 is 2.73 bits per heavy atom. The van der Waals surface area contributed by atoms with Gasteiger partial charge in [-0.1, -0.05) is 29.8 Å². The zero-order valence-electron chi connectivity index (χ0n) is 18.1. The molecule has 0 radical (unpaired) electrons. The molecule has 1 saturated heterocycles. The predicted molar refractivity (Wildman–Crippen MR) is 127 cm³/mol. The quantitative estimate of drug-likeness (QED) is 0.599. The molecule has 2 N–H and O–H groups in total. The molecule has 2 aliphatic heterocycles. The van der Waals surface area contributed by atoms with Crippen LogP contribution in [-0.2, 0) is 16.0 Å². The summed E-state index contributed by atoms with van der Waals surface area (Å²) in [6, 6.07) is 12.8. The topological polar surface area (TPSA) is 95.2 Å². The number of H-pyrrole nitrogens is 1. The van der Waals surface area contributed by atoms with Crippen molar-refractivity contribution in [3.05, 3.63) is 69.2 Å². The molecule has 3 aromatic rings. The van der Waals surface area contributed by atoms with E-state index in [2.05, 4.69) is 15.3 Å². The van der Waals surface area contributed by atoms with Gasteiger partial charge in [0.25, 0.3) is 5.56 Å². The number of hydrogen-bond acceptors (Lipinski definition) is 4. The van der Waals surface area contributed by atoms with Gasteiger partial charge in [0.15, 0.2) is 0 Å². The zero-order valence-corrected chi connectivity index (χ0v) is 18.9. The van der Waals surface area contributed by atoms with E-state index in [1.54, 1.807) is 12.1 Å². The molecular weight excluding hydrogens is 440 g/mol. The van der Waals surface area contributed by atoms with Crippen LogP contribution in [0.2, 0.25) is 5.02 Å². The normalized spacial score (nSPS) is 18.4. The molecule has 8 heteroatoms. The third kappa shape index (κ3) is 4.37. The van der Waals surface area contributed by atoms with E-state index in [-0.39, 0.29) is 29.2 Å². The number of para-hydroxylation sites is 1. The summed E-state index contributed by atoms with van der Waals surface area (Å²) in [5, 5.41) is 4.12. The summed E-state index contributed by atoms with van der Waals surface area (Å²) >= 11 is 6.06. The number of nitrogens with one attached hydrogen (secondary N) is 2. The van der Waals surface area contributed by atoms with Crippen molar-refractivity contribution >= 4 is 40.0 Å². The molecule has 2 amide bonds. The minimum atomic E-state index is -0.176. The third-order valence-electron chi connectivity index (χ3n) is 6.72. The highest BCUT2D eigenvalue weighted by Gasteiger charge is 2.38. The van der Waals surface area contributed by atoms with Gasteiger partial charge >= 0.3 is 0 Å². The first-order chi connectivity index (χ1) is 16.0. The summed E-state index contributed by atoms with van der Waals surface area (Å²) in [5.41, 5.74) is 2.33. The van der Waals surface area contributed by atoms with Gasteiger partial charge in [-0.15, -0.1) is 0 Å². The lowest BCUT2D eigenvalue weighted by molar-refractivity contribution is -0.132. The SMILES string of the molecule is O=C1Nc2cc(Cl)ccc2[C@@H]1C1CCN(C(=O)CCCc2nc3ccccc3c(=O)[nH]2)CC1. The molecule has 170 valence electrons. The van der Waals surface area contributed by atoms with Crippen LogP contribution in [-0.4, -0.2) is 39.8 Å². The van der Waals surface area contributed by atoms with Crippen molar-refractivity contribution in [3.63, 3.8) is 0 Å². The number of piperidine rings is 1. The molecule has 2 aliphatic rings. The molecule has 0 saturated carbocycles. The Morgan fingerprint density at radius 2 is 1.91 bits per heavy atom. The Morgan fingerprint density at radius 1 is 1.12 bits per heavy atom. The Hall–Kier alpha value is -3.19. The van der Waals surface area contributed by atoms with Crippen molar-refractivity contribution < 1.29 is 9.59 Å². The monoisotopic (exact) mass is 464 g/mol. The number of fused-ring (bicyclic) bond motifs is 2. The first kappa shape index (κ1) is 21.6. The van der Waals surface area contributed by atoms with Crippen molar-refractivity contribution in [3.8, 4) is 0 Å². The minimum absolute atomic E-state index is 0.0221. The second-order valence-electron chi connectivity index (χ2n) is 8.80. The fourth-order valence-electron chi connectivity index (χ4n) is 5.03. The van der Waals surface area contributed by atoms with Crippen LogP contribution in [0.4, 0.5) is 5.69 Å². The number of carbonyl (C=O) groups is 2. The molecule has 0 unspecified atom stereocenters. The second kappa shape index (κ2) is 8.98. The van der Waals surface area contributed by atoms with Crippen molar-refractivity contribution in [1.29, 1.82) is 0 Å². The van der Waals surface area contributed by atoms with Crippen LogP contribution >= 0.6 is 11.6 Å². The highest BCUT2D eigenvalue weighted by Crippen LogP contribution is 2.42. The fraction of sp³-hybridized carbons (Fsp3) is 0.360. The van der Waals surface area contributed by atoms with Crippen LogP contribution < -0.4 is 10.9 Å². The maximum absolute atomic E-state index is 12.7. The maximum Gasteiger partial charge on any atom is 0.258 e. The highest BCUT2D eigenvalue weighted by atomic mass is 35.5. The molecule has 1 atom stereocenters. The number of halogens is 1. The molecule has 33 heavy (non-hydrogen) atoms. The molecule has 3 heterocycles. The van der Waals surface area contributed by atoms with Crippen LogP contribution in [0.5, 0.6) is 0 Å². The van der Waals surface area contributed by atoms with Crippen molar-refractivity contribution in [2.75, 3.05) is 18.4 Å². The summed E-state index contributed by atoms with van der Waals surface area (Å²) in [7, 11) is 0. The van der Waals surface area contributed by atoms with Crippen LogP contribution in [0.15, 0.2) is 47.3 Å². The number of aromatic amines is 1. The highest BCUT2D eigenvalue weighted by molar-refractivity contribution is 6.31. The number of hydrogen-bond donors (Lipinski definition) is 2. The standard InChI is InChI=1S/C25H25ClN4O3/c26-16-8-9-17-20(14-16)28-25(33)23(17)15-10-12-30(13-11-15)22(31)7-3-6-21-27-19-5-2-1-4-18(19)24(32)29-21/h1-2,4-5,8-9,14-15,23H,3,6-7,10-13H2,(H,28,33)(H,27,29,32)/t23-/m0/s1. The second-order valence-corrected chi connectivity index (χ2v) is 9.24. The fourth-order valence-corrected chi connectivity index (χ4v) is 5.20. The average Bonchev–Trinajstić information content (AvgIpc) is 3.14. The van der Waals surface area contributed by atoms with Gasteiger partial charge in [0, 0.05) is 36.6 Å². The van der Waals surface area contributed by atoms with Crippen LogP contribution in [0.1, 0.15) is 43.0 Å². The largest absolute Gasteiger partial charge is 0.343 e. The molecule has 0 aliphatic carbocycles. The Kier molecular flexibility index (Phi) is 5.89. The van der Waals surface area contributed by atoms with E-state index in [1.165, 1.54) is 0 Å². The first-order valence-corrected chi connectivity index (χ1v) is 11.7. The summed E-state index contributed by atoms with van der Waals surface area (Å²) < 4.78 is 0. The lowest BCUT2D eigenvalue weighted by Crippen LogP contribution is -2.40. The number of anilines is 1. The van der Waals surface area contributed by atoms with Crippen molar-refractivity contribution in [2.24, 2.45) is 5.92 Å². The molecule has 5 rings (SSSR count). The van der Waals surface area contributed by atoms with E-state index in [1.807, 2.05) is 35.2 Å². The minimum Gasteiger partial charge on any atom is -0.343 e. The van der Waals surface area contributed by atoms with Crippen molar-refractivity contribution in [1.82, 2.24) is 14.9 Å².